The van der Waals surface area contributed by atoms with E-state index in [2.05, 4.69) is 10.2 Å². The number of nitrogens with zero attached hydrogens (tertiary/aromatic N) is 1. The highest BCUT2D eigenvalue weighted by Gasteiger charge is 2.18. The number of hydrogen-bond donors (Lipinski definition) is 2. The third kappa shape index (κ3) is 1.55. The van der Waals surface area contributed by atoms with Gasteiger partial charge in [0, 0.05) is 5.39 Å². The van der Waals surface area contributed by atoms with E-state index in [9.17, 15) is 9.90 Å². The molecule has 0 amide bonds. The molecule has 2 N–H and O–H groups in total. The van der Waals surface area contributed by atoms with Crippen LogP contribution in [-0.4, -0.2) is 21.1 Å². The fraction of sp³-hybridized carbons (Fsp3) is 0. The van der Waals surface area contributed by atoms with Crippen LogP contribution < -0.4 is 0 Å². The van der Waals surface area contributed by atoms with Gasteiger partial charge in [-0.3, -0.25) is 9.89 Å². The molecule has 0 fully saturated rings. The zero-order valence-corrected chi connectivity index (χ0v) is 9.42. The second kappa shape index (κ2) is 4.00. The Labute approximate surface area is 103 Å². The SMILES string of the molecule is O=C(c1ccccc1O)c1n[nH]c2ccccc12. The van der Waals surface area contributed by atoms with Crippen molar-refractivity contribution in [3.05, 3.63) is 59.8 Å². The highest BCUT2D eigenvalue weighted by molar-refractivity contribution is 6.15. The van der Waals surface area contributed by atoms with E-state index in [4.69, 9.17) is 0 Å². The molecule has 18 heavy (non-hydrogen) atoms. The lowest BCUT2D eigenvalue weighted by Gasteiger charge is -2.00. The van der Waals surface area contributed by atoms with E-state index < -0.39 is 0 Å². The predicted molar refractivity (Wildman–Crippen MR) is 67.6 cm³/mol. The minimum absolute atomic E-state index is 0.0328. The fourth-order valence-corrected chi connectivity index (χ4v) is 1.93. The first-order valence-electron chi connectivity index (χ1n) is 5.53. The fourth-order valence-electron chi connectivity index (χ4n) is 1.93. The van der Waals surface area contributed by atoms with Gasteiger partial charge in [0.2, 0.25) is 5.78 Å². The minimum atomic E-state index is -0.287. The number of H-pyrrole nitrogens is 1. The Bertz CT molecular complexity index is 731. The molecular weight excluding hydrogens is 228 g/mol. The Hall–Kier alpha value is -2.62. The van der Waals surface area contributed by atoms with Crippen LogP contribution in [0.1, 0.15) is 16.1 Å². The summed E-state index contributed by atoms with van der Waals surface area (Å²) in [6.07, 6.45) is 0. The van der Waals surface area contributed by atoms with Crippen LogP contribution in [0.5, 0.6) is 5.75 Å². The van der Waals surface area contributed by atoms with E-state index >= 15 is 0 Å². The number of fused-ring (bicyclic) bond motifs is 1. The molecule has 0 aliphatic rings. The molecule has 2 aromatic carbocycles. The van der Waals surface area contributed by atoms with Gasteiger partial charge in [0.1, 0.15) is 11.4 Å². The molecule has 3 rings (SSSR count). The number of para-hydroxylation sites is 2. The first-order chi connectivity index (χ1) is 8.77. The number of benzene rings is 2. The molecule has 88 valence electrons. The number of aromatic nitrogens is 2. The topological polar surface area (TPSA) is 66.0 Å². The number of aromatic amines is 1. The zero-order valence-electron chi connectivity index (χ0n) is 9.42. The van der Waals surface area contributed by atoms with E-state index in [-0.39, 0.29) is 17.1 Å². The molecule has 0 atom stereocenters. The lowest BCUT2D eigenvalue weighted by atomic mass is 10.0. The van der Waals surface area contributed by atoms with Crippen molar-refractivity contribution in [2.75, 3.05) is 0 Å². The molecule has 0 saturated carbocycles. The van der Waals surface area contributed by atoms with Gasteiger partial charge in [-0.1, -0.05) is 30.3 Å². The average molecular weight is 238 g/mol. The van der Waals surface area contributed by atoms with E-state index in [1.165, 1.54) is 6.07 Å². The largest absolute Gasteiger partial charge is 0.507 e. The number of carbonyl (C=O) groups is 1. The first-order valence-corrected chi connectivity index (χ1v) is 5.53. The Kier molecular flexibility index (Phi) is 2.34. The zero-order chi connectivity index (χ0) is 12.5. The second-order valence-electron chi connectivity index (χ2n) is 3.96. The van der Waals surface area contributed by atoms with Crippen LogP contribution in [0.4, 0.5) is 0 Å². The van der Waals surface area contributed by atoms with Gasteiger partial charge < -0.3 is 5.11 Å². The van der Waals surface area contributed by atoms with Crippen LogP contribution in [0.3, 0.4) is 0 Å². The third-order valence-corrected chi connectivity index (χ3v) is 2.83. The number of nitrogens with one attached hydrogen (secondary N) is 1. The van der Waals surface area contributed by atoms with Gasteiger partial charge in [0.05, 0.1) is 11.1 Å². The molecule has 4 nitrogen and oxygen atoms in total. The molecule has 0 aliphatic carbocycles. The summed E-state index contributed by atoms with van der Waals surface area (Å²) >= 11 is 0. The van der Waals surface area contributed by atoms with Gasteiger partial charge in [0.25, 0.3) is 0 Å². The van der Waals surface area contributed by atoms with Crippen LogP contribution in [0.25, 0.3) is 10.9 Å². The number of carbonyl (C=O) groups excluding carboxylic acids is 1. The lowest BCUT2D eigenvalue weighted by molar-refractivity contribution is 0.103. The van der Waals surface area contributed by atoms with Gasteiger partial charge in [-0.15, -0.1) is 0 Å². The molecule has 0 saturated heterocycles. The summed E-state index contributed by atoms with van der Waals surface area (Å²) in [4.78, 5) is 12.3. The third-order valence-electron chi connectivity index (χ3n) is 2.83. The van der Waals surface area contributed by atoms with Gasteiger partial charge >= 0.3 is 0 Å². The Balaban J connectivity index is 2.16. The summed E-state index contributed by atoms with van der Waals surface area (Å²) < 4.78 is 0. The first kappa shape index (κ1) is 10.5. The summed E-state index contributed by atoms with van der Waals surface area (Å²) in [5.41, 5.74) is 1.39. The van der Waals surface area contributed by atoms with Crippen LogP contribution >= 0.6 is 0 Å². The standard InChI is InChI=1S/C14H10N2O2/c17-12-8-4-2-6-10(12)14(18)13-9-5-1-3-7-11(9)15-16-13/h1-8,17H,(H,15,16). The predicted octanol–water partition coefficient (Wildman–Crippen LogP) is 2.50. The van der Waals surface area contributed by atoms with Crippen molar-refractivity contribution in [2.45, 2.75) is 0 Å². The van der Waals surface area contributed by atoms with Crippen LogP contribution in [0, 0.1) is 0 Å². The summed E-state index contributed by atoms with van der Waals surface area (Å²) in [6, 6.07) is 13.9. The molecule has 0 spiro atoms. The second-order valence-corrected chi connectivity index (χ2v) is 3.96. The van der Waals surface area contributed by atoms with Gasteiger partial charge in [0.15, 0.2) is 0 Å². The van der Waals surface area contributed by atoms with E-state index in [0.717, 1.165) is 10.9 Å². The monoisotopic (exact) mass is 238 g/mol. The smallest absolute Gasteiger partial charge is 0.217 e. The Morgan fingerprint density at radius 3 is 2.61 bits per heavy atom. The van der Waals surface area contributed by atoms with Crippen molar-refractivity contribution in [1.29, 1.82) is 0 Å². The van der Waals surface area contributed by atoms with Crippen LogP contribution in [0.15, 0.2) is 48.5 Å². The van der Waals surface area contributed by atoms with Crippen LogP contribution in [-0.2, 0) is 0 Å². The number of ketones is 1. The Morgan fingerprint density at radius 1 is 1.06 bits per heavy atom. The van der Waals surface area contributed by atoms with Crippen molar-refractivity contribution in [2.24, 2.45) is 0 Å². The Morgan fingerprint density at radius 2 is 1.78 bits per heavy atom. The van der Waals surface area contributed by atoms with Crippen molar-refractivity contribution in [1.82, 2.24) is 10.2 Å². The molecule has 0 radical (unpaired) electrons. The highest BCUT2D eigenvalue weighted by atomic mass is 16.3. The molecular formula is C14H10N2O2. The summed E-state index contributed by atoms with van der Waals surface area (Å²) in [6.45, 7) is 0. The maximum atomic E-state index is 12.3. The van der Waals surface area contributed by atoms with Crippen LogP contribution in [0.2, 0.25) is 0 Å². The normalized spacial score (nSPS) is 10.7. The molecule has 1 aromatic heterocycles. The van der Waals surface area contributed by atoms with Gasteiger partial charge in [-0.25, -0.2) is 0 Å². The maximum absolute atomic E-state index is 12.3. The number of phenols is 1. The van der Waals surface area contributed by atoms with E-state index in [1.54, 1.807) is 18.2 Å². The van der Waals surface area contributed by atoms with Crippen molar-refractivity contribution < 1.29 is 9.90 Å². The molecule has 4 heteroatoms. The molecule has 3 aromatic rings. The van der Waals surface area contributed by atoms with E-state index in [1.807, 2.05) is 24.3 Å². The van der Waals surface area contributed by atoms with Crippen molar-refractivity contribution >= 4 is 16.7 Å². The highest BCUT2D eigenvalue weighted by Crippen LogP contribution is 2.23. The maximum Gasteiger partial charge on any atom is 0.217 e. The summed E-state index contributed by atoms with van der Waals surface area (Å²) in [5.74, 6) is -0.319. The van der Waals surface area contributed by atoms with Gasteiger partial charge in [-0.2, -0.15) is 5.10 Å². The van der Waals surface area contributed by atoms with E-state index in [0.29, 0.717) is 5.69 Å². The summed E-state index contributed by atoms with van der Waals surface area (Å²) in [5, 5.41) is 17.3. The average Bonchev–Trinajstić information content (AvgIpc) is 2.82. The molecule has 1 heterocycles. The summed E-state index contributed by atoms with van der Waals surface area (Å²) in [7, 11) is 0. The number of hydrogen-bond acceptors (Lipinski definition) is 3. The molecule has 0 aliphatic heterocycles. The number of rotatable bonds is 2. The molecule has 0 bridgehead atoms. The van der Waals surface area contributed by atoms with Crippen molar-refractivity contribution in [3.8, 4) is 5.75 Å². The molecule has 0 unspecified atom stereocenters. The minimum Gasteiger partial charge on any atom is -0.507 e. The van der Waals surface area contributed by atoms with Gasteiger partial charge in [-0.05, 0) is 18.2 Å². The quantitative estimate of drug-likeness (QED) is 0.674. The van der Waals surface area contributed by atoms with Crippen molar-refractivity contribution in [3.63, 3.8) is 0 Å². The number of phenolic OH excluding ortho intramolecular Hbond substituents is 1. The lowest BCUT2D eigenvalue weighted by Crippen LogP contribution is -2.02. The number of aromatic hydroxyl groups is 1.